The Labute approximate surface area is 156 Å². The van der Waals surface area contributed by atoms with Crippen molar-refractivity contribution < 1.29 is 17.6 Å². The Balaban J connectivity index is 1.86. The van der Waals surface area contributed by atoms with Crippen LogP contribution >= 0.6 is 0 Å². The lowest BCUT2D eigenvalue weighted by molar-refractivity contribution is 0.0993. The molecule has 3 rings (SSSR count). The van der Waals surface area contributed by atoms with Crippen molar-refractivity contribution in [2.24, 2.45) is 0 Å². The summed E-state index contributed by atoms with van der Waals surface area (Å²) >= 11 is 0. The van der Waals surface area contributed by atoms with Gasteiger partial charge in [0.25, 0.3) is 0 Å². The summed E-state index contributed by atoms with van der Waals surface area (Å²) in [5.41, 5.74) is 1.29. The molecule has 0 amide bonds. The highest BCUT2D eigenvalue weighted by molar-refractivity contribution is 7.89. The fraction of sp³-hybridized carbons (Fsp3) is 0.100. The van der Waals surface area contributed by atoms with Crippen LogP contribution in [0.1, 0.15) is 15.9 Å². The second kappa shape index (κ2) is 7.77. The molecule has 1 aromatic heterocycles. The van der Waals surface area contributed by atoms with Gasteiger partial charge in [-0.3, -0.25) is 9.78 Å². The predicted molar refractivity (Wildman–Crippen MR) is 100 cm³/mol. The second-order valence-electron chi connectivity index (χ2n) is 5.93. The third kappa shape index (κ3) is 4.27. The van der Waals surface area contributed by atoms with Gasteiger partial charge in [-0.15, -0.1) is 0 Å². The number of Topliss-reactive ketones (excluding diaryl/α,β-unsaturated/α-hetero) is 1. The number of carbonyl (C=O) groups excluding carboxylic acids is 1. The molecule has 0 aliphatic heterocycles. The fourth-order valence-electron chi connectivity index (χ4n) is 2.59. The van der Waals surface area contributed by atoms with Gasteiger partial charge in [0.15, 0.2) is 5.78 Å². The summed E-state index contributed by atoms with van der Waals surface area (Å²) in [4.78, 5) is 16.7. The highest BCUT2D eigenvalue weighted by Gasteiger charge is 2.20. The average molecular weight is 384 g/mol. The van der Waals surface area contributed by atoms with Crippen molar-refractivity contribution >= 4 is 15.8 Å². The molecule has 0 saturated heterocycles. The van der Waals surface area contributed by atoms with Gasteiger partial charge in [-0.25, -0.2) is 17.5 Å². The van der Waals surface area contributed by atoms with Crippen LogP contribution in [0.4, 0.5) is 4.39 Å². The lowest BCUT2D eigenvalue weighted by Gasteiger charge is -2.10. The van der Waals surface area contributed by atoms with Crippen molar-refractivity contribution in [3.8, 4) is 11.3 Å². The van der Waals surface area contributed by atoms with Crippen LogP contribution in [0.3, 0.4) is 0 Å². The van der Waals surface area contributed by atoms with Gasteiger partial charge in [0.2, 0.25) is 10.0 Å². The van der Waals surface area contributed by atoms with Crippen LogP contribution < -0.4 is 4.72 Å². The summed E-state index contributed by atoms with van der Waals surface area (Å²) in [6.07, 6.45) is 1.60. The number of carbonyl (C=O) groups is 1. The van der Waals surface area contributed by atoms with E-state index in [1.54, 1.807) is 55.6 Å². The SMILES string of the molecule is Cc1cc(-c2ccccn2)cc(C(=O)CNS(=O)(=O)c2ccccc2)c1F. The summed E-state index contributed by atoms with van der Waals surface area (Å²) in [5.74, 6) is -1.33. The summed E-state index contributed by atoms with van der Waals surface area (Å²) in [6, 6.07) is 16.0. The molecule has 0 atom stereocenters. The number of nitrogens with one attached hydrogen (secondary N) is 1. The molecule has 27 heavy (non-hydrogen) atoms. The number of halogens is 1. The van der Waals surface area contributed by atoms with E-state index in [0.717, 1.165) is 0 Å². The Hall–Kier alpha value is -2.90. The van der Waals surface area contributed by atoms with Crippen LogP contribution in [0.5, 0.6) is 0 Å². The first-order valence-electron chi connectivity index (χ1n) is 8.18. The number of aromatic nitrogens is 1. The number of hydrogen-bond acceptors (Lipinski definition) is 4. The first-order chi connectivity index (χ1) is 12.9. The quantitative estimate of drug-likeness (QED) is 0.661. The Morgan fingerprint density at radius 2 is 1.78 bits per heavy atom. The normalized spacial score (nSPS) is 11.3. The molecule has 1 heterocycles. The van der Waals surface area contributed by atoms with Gasteiger partial charge >= 0.3 is 0 Å². The van der Waals surface area contributed by atoms with Gasteiger partial charge < -0.3 is 0 Å². The molecule has 2 aromatic carbocycles. The molecule has 138 valence electrons. The molecule has 0 aliphatic rings. The topological polar surface area (TPSA) is 76.1 Å². The average Bonchev–Trinajstić information content (AvgIpc) is 2.69. The van der Waals surface area contributed by atoms with Gasteiger partial charge in [-0.2, -0.15) is 0 Å². The zero-order valence-corrected chi connectivity index (χ0v) is 15.3. The van der Waals surface area contributed by atoms with Crippen molar-refractivity contribution in [2.45, 2.75) is 11.8 Å². The van der Waals surface area contributed by atoms with Crippen molar-refractivity contribution in [1.29, 1.82) is 0 Å². The van der Waals surface area contributed by atoms with E-state index < -0.39 is 28.2 Å². The maximum absolute atomic E-state index is 14.5. The van der Waals surface area contributed by atoms with E-state index in [4.69, 9.17) is 0 Å². The van der Waals surface area contributed by atoms with Gasteiger partial charge in [0, 0.05) is 11.8 Å². The summed E-state index contributed by atoms with van der Waals surface area (Å²) in [5, 5.41) is 0. The number of sulfonamides is 1. The molecular weight excluding hydrogens is 367 g/mol. The molecule has 7 heteroatoms. The zero-order chi connectivity index (χ0) is 19.4. The molecular formula is C20H17FN2O3S. The predicted octanol–water partition coefficient (Wildman–Crippen LogP) is 3.36. The van der Waals surface area contributed by atoms with Gasteiger partial charge in [-0.1, -0.05) is 24.3 Å². The molecule has 0 aliphatic carbocycles. The smallest absolute Gasteiger partial charge is 0.240 e. The Bertz CT molecular complexity index is 1070. The van der Waals surface area contributed by atoms with Crippen LogP contribution in [-0.2, 0) is 10.0 Å². The summed E-state index contributed by atoms with van der Waals surface area (Å²) in [7, 11) is -3.85. The Morgan fingerprint density at radius 1 is 1.07 bits per heavy atom. The molecule has 5 nitrogen and oxygen atoms in total. The Kier molecular flexibility index (Phi) is 5.43. The van der Waals surface area contributed by atoms with Crippen LogP contribution in [0.2, 0.25) is 0 Å². The molecule has 3 aromatic rings. The minimum atomic E-state index is -3.85. The first-order valence-corrected chi connectivity index (χ1v) is 9.66. The van der Waals surface area contributed by atoms with E-state index in [2.05, 4.69) is 9.71 Å². The zero-order valence-electron chi connectivity index (χ0n) is 14.5. The fourth-order valence-corrected chi connectivity index (χ4v) is 3.60. The number of nitrogens with zero attached hydrogens (tertiary/aromatic N) is 1. The van der Waals surface area contributed by atoms with Crippen LogP contribution in [0, 0.1) is 12.7 Å². The van der Waals surface area contributed by atoms with Gasteiger partial charge in [0.05, 0.1) is 22.7 Å². The number of rotatable bonds is 6. The van der Waals surface area contributed by atoms with Crippen LogP contribution in [-0.4, -0.2) is 25.7 Å². The number of pyridine rings is 1. The lowest BCUT2D eigenvalue weighted by atomic mass is 10.0. The first kappa shape index (κ1) is 18.9. The van der Waals surface area contributed by atoms with E-state index in [1.807, 2.05) is 0 Å². The molecule has 0 bridgehead atoms. The largest absolute Gasteiger partial charge is 0.293 e. The van der Waals surface area contributed by atoms with Gasteiger partial charge in [-0.05, 0) is 48.9 Å². The highest BCUT2D eigenvalue weighted by atomic mass is 32.2. The van der Waals surface area contributed by atoms with Crippen molar-refractivity contribution in [2.75, 3.05) is 6.54 Å². The minimum absolute atomic E-state index is 0.0386. The summed E-state index contributed by atoms with van der Waals surface area (Å²) < 4.78 is 41.2. The van der Waals surface area contributed by atoms with Crippen LogP contribution in [0.15, 0.2) is 71.8 Å². The standard InChI is InChI=1S/C20H17FN2O3S/c1-14-11-15(18-9-5-6-10-22-18)12-17(20(14)21)19(24)13-23-27(25,26)16-7-3-2-4-8-16/h2-12,23H,13H2,1H3. The second-order valence-corrected chi connectivity index (χ2v) is 7.70. The molecule has 0 fully saturated rings. The molecule has 0 unspecified atom stereocenters. The Morgan fingerprint density at radius 3 is 2.44 bits per heavy atom. The maximum Gasteiger partial charge on any atom is 0.240 e. The van der Waals surface area contributed by atoms with Gasteiger partial charge in [0.1, 0.15) is 5.82 Å². The number of benzene rings is 2. The van der Waals surface area contributed by atoms with E-state index in [-0.39, 0.29) is 16.0 Å². The third-order valence-electron chi connectivity index (χ3n) is 3.99. The lowest BCUT2D eigenvalue weighted by Crippen LogP contribution is -2.30. The number of aryl methyl sites for hydroxylation is 1. The minimum Gasteiger partial charge on any atom is -0.293 e. The van der Waals surface area contributed by atoms with Crippen molar-refractivity contribution in [3.63, 3.8) is 0 Å². The van der Waals surface area contributed by atoms with E-state index in [0.29, 0.717) is 11.3 Å². The van der Waals surface area contributed by atoms with Crippen molar-refractivity contribution in [1.82, 2.24) is 9.71 Å². The molecule has 0 saturated carbocycles. The third-order valence-corrected chi connectivity index (χ3v) is 5.41. The monoisotopic (exact) mass is 384 g/mol. The van der Waals surface area contributed by atoms with E-state index >= 15 is 0 Å². The number of hydrogen-bond donors (Lipinski definition) is 1. The highest BCUT2D eigenvalue weighted by Crippen LogP contribution is 2.23. The molecule has 0 radical (unpaired) electrons. The summed E-state index contributed by atoms with van der Waals surface area (Å²) in [6.45, 7) is 1.01. The van der Waals surface area contributed by atoms with Crippen molar-refractivity contribution in [3.05, 3.63) is 83.8 Å². The molecule has 1 N–H and O–H groups in total. The molecule has 0 spiro atoms. The van der Waals surface area contributed by atoms with Crippen LogP contribution in [0.25, 0.3) is 11.3 Å². The van der Waals surface area contributed by atoms with E-state index in [1.165, 1.54) is 18.2 Å². The maximum atomic E-state index is 14.5. The van der Waals surface area contributed by atoms with E-state index in [9.17, 15) is 17.6 Å². The number of ketones is 1.